The minimum absolute atomic E-state index is 0. The van der Waals surface area contributed by atoms with E-state index in [0.717, 1.165) is 6.54 Å². The molecule has 0 aromatic heterocycles. The van der Waals surface area contributed by atoms with Crippen molar-refractivity contribution in [3.8, 4) is 0 Å². The lowest BCUT2D eigenvalue weighted by molar-refractivity contribution is -0.118. The number of hydrogen-bond acceptors (Lipinski definition) is 1. The first-order chi connectivity index (χ1) is 4.18. The molecule has 0 rings (SSSR count). The average molecular weight is 147 g/mol. The molecule has 0 atom stereocenters. The lowest BCUT2D eigenvalue weighted by Gasteiger charge is -1.88. The van der Waals surface area contributed by atoms with Gasteiger partial charge >= 0.3 is 0 Å². The highest BCUT2D eigenvalue weighted by Crippen LogP contribution is 1.56. The minimum atomic E-state index is 0. The normalized spacial score (nSPS) is 6.40. The number of carbonyl (C=O) groups is 1. The summed E-state index contributed by atoms with van der Waals surface area (Å²) in [5, 5.41) is 2.57. The van der Waals surface area contributed by atoms with Crippen LogP contribution >= 0.6 is 0 Å². The van der Waals surface area contributed by atoms with Crippen LogP contribution in [0.25, 0.3) is 0 Å². The Bertz CT molecular complexity index is 62.3. The maximum Gasteiger partial charge on any atom is 0.216 e. The minimum Gasteiger partial charge on any atom is -0.357 e. The van der Waals surface area contributed by atoms with Gasteiger partial charge in [-0.05, 0) is 6.92 Å². The molecular formula is C8H21NO. The van der Waals surface area contributed by atoms with Crippen LogP contribution in [0.2, 0.25) is 0 Å². The summed E-state index contributed by atoms with van der Waals surface area (Å²) in [5.74, 6) is 0.0394. The molecule has 0 saturated heterocycles. The van der Waals surface area contributed by atoms with Crippen molar-refractivity contribution in [2.75, 3.05) is 6.54 Å². The highest BCUT2D eigenvalue weighted by molar-refractivity contribution is 5.72. The topological polar surface area (TPSA) is 29.1 Å². The predicted molar refractivity (Wildman–Crippen MR) is 47.1 cm³/mol. The first-order valence-corrected chi connectivity index (χ1v) is 3.43. The second-order valence-corrected chi connectivity index (χ2v) is 1.79. The zero-order valence-electron chi connectivity index (χ0n) is 6.82. The number of carbonyl (C=O) groups excluding carboxylic acids is 1. The van der Waals surface area contributed by atoms with Gasteiger partial charge in [-0.2, -0.15) is 0 Å². The van der Waals surface area contributed by atoms with Gasteiger partial charge < -0.3 is 5.32 Å². The Balaban J connectivity index is -0.000000107. The Morgan fingerprint density at radius 1 is 1.30 bits per heavy atom. The van der Waals surface area contributed by atoms with Crippen LogP contribution in [0.3, 0.4) is 0 Å². The lowest BCUT2D eigenvalue weighted by atomic mass is 10.6. The lowest BCUT2D eigenvalue weighted by Crippen LogP contribution is -2.18. The van der Waals surface area contributed by atoms with Crippen LogP contribution in [-0.2, 0) is 4.79 Å². The fraction of sp³-hybridized carbons (Fsp3) is 0.875. The van der Waals surface area contributed by atoms with Gasteiger partial charge in [-0.15, -0.1) is 0 Å². The summed E-state index contributed by atoms with van der Waals surface area (Å²) in [6.07, 6.45) is 1.25. The van der Waals surface area contributed by atoms with E-state index in [1.807, 2.05) is 6.92 Å². The fourth-order valence-electron chi connectivity index (χ4n) is 0.249. The molecule has 0 unspecified atom stereocenters. The molecule has 0 spiro atoms. The summed E-state index contributed by atoms with van der Waals surface area (Å²) >= 11 is 0. The van der Waals surface area contributed by atoms with Crippen LogP contribution in [-0.4, -0.2) is 12.5 Å². The molecule has 0 fully saturated rings. The first kappa shape index (κ1) is 16.2. The Hall–Kier alpha value is -0.530. The Labute approximate surface area is 65.0 Å². The molecule has 0 aliphatic carbocycles. The first-order valence-electron chi connectivity index (χ1n) is 3.43. The third-order valence-corrected chi connectivity index (χ3v) is 0.426. The van der Waals surface area contributed by atoms with Gasteiger partial charge in [0.25, 0.3) is 0 Å². The monoisotopic (exact) mass is 147 g/mol. The van der Waals surface area contributed by atoms with Crippen molar-refractivity contribution >= 4 is 5.91 Å². The second-order valence-electron chi connectivity index (χ2n) is 1.79. The van der Waals surface area contributed by atoms with Gasteiger partial charge in [0.05, 0.1) is 0 Å². The van der Waals surface area contributed by atoms with Gasteiger partial charge in [0.1, 0.15) is 0 Å². The SMILES string of the molecule is C.CCC.CCNC(C)=O. The number of rotatable bonds is 1. The smallest absolute Gasteiger partial charge is 0.216 e. The van der Waals surface area contributed by atoms with E-state index in [-0.39, 0.29) is 13.3 Å². The van der Waals surface area contributed by atoms with Crippen molar-refractivity contribution in [1.82, 2.24) is 5.32 Å². The van der Waals surface area contributed by atoms with E-state index in [4.69, 9.17) is 0 Å². The zero-order valence-corrected chi connectivity index (χ0v) is 6.82. The molecule has 1 N–H and O–H groups in total. The van der Waals surface area contributed by atoms with Gasteiger partial charge in [0.15, 0.2) is 0 Å². The van der Waals surface area contributed by atoms with Gasteiger partial charge in [0.2, 0.25) is 5.91 Å². The van der Waals surface area contributed by atoms with Crippen LogP contribution in [0.4, 0.5) is 0 Å². The Kier molecular flexibility index (Phi) is 25.6. The van der Waals surface area contributed by atoms with Crippen LogP contribution in [0.1, 0.15) is 41.5 Å². The van der Waals surface area contributed by atoms with Crippen molar-refractivity contribution < 1.29 is 4.79 Å². The predicted octanol–water partition coefficient (Wildman–Crippen LogP) is 2.19. The summed E-state index contributed by atoms with van der Waals surface area (Å²) < 4.78 is 0. The van der Waals surface area contributed by atoms with E-state index in [1.54, 1.807) is 0 Å². The second kappa shape index (κ2) is 15.8. The highest BCUT2D eigenvalue weighted by atomic mass is 16.1. The van der Waals surface area contributed by atoms with Gasteiger partial charge in [-0.25, -0.2) is 0 Å². The molecule has 0 radical (unpaired) electrons. The molecule has 64 valence electrons. The molecule has 10 heavy (non-hydrogen) atoms. The highest BCUT2D eigenvalue weighted by Gasteiger charge is 1.78. The summed E-state index contributed by atoms with van der Waals surface area (Å²) in [7, 11) is 0. The summed E-state index contributed by atoms with van der Waals surface area (Å²) in [6.45, 7) is 8.38. The number of hydrogen-bond donors (Lipinski definition) is 1. The molecule has 0 aromatic rings. The maximum atomic E-state index is 9.93. The third kappa shape index (κ3) is 51.3. The van der Waals surface area contributed by atoms with Crippen molar-refractivity contribution in [3.63, 3.8) is 0 Å². The van der Waals surface area contributed by atoms with Gasteiger partial charge in [-0.3, -0.25) is 4.79 Å². The van der Waals surface area contributed by atoms with Crippen LogP contribution in [0, 0.1) is 0 Å². The molecule has 0 saturated carbocycles. The molecule has 0 heterocycles. The summed E-state index contributed by atoms with van der Waals surface area (Å²) in [5.41, 5.74) is 0. The number of amides is 1. The van der Waals surface area contributed by atoms with Crippen molar-refractivity contribution in [2.45, 2.75) is 41.5 Å². The molecule has 0 aromatic carbocycles. The Morgan fingerprint density at radius 3 is 1.60 bits per heavy atom. The third-order valence-electron chi connectivity index (χ3n) is 0.426. The van der Waals surface area contributed by atoms with Crippen LogP contribution in [0.15, 0.2) is 0 Å². The van der Waals surface area contributed by atoms with Crippen molar-refractivity contribution in [3.05, 3.63) is 0 Å². The van der Waals surface area contributed by atoms with Crippen molar-refractivity contribution in [2.24, 2.45) is 0 Å². The quantitative estimate of drug-likeness (QED) is 0.605. The molecule has 0 bridgehead atoms. The fourth-order valence-corrected chi connectivity index (χ4v) is 0.249. The average Bonchev–Trinajstić information content (AvgIpc) is 1.67. The van der Waals surface area contributed by atoms with Crippen LogP contribution in [0.5, 0.6) is 0 Å². The van der Waals surface area contributed by atoms with Gasteiger partial charge in [-0.1, -0.05) is 27.7 Å². The van der Waals surface area contributed by atoms with E-state index in [1.165, 1.54) is 13.3 Å². The van der Waals surface area contributed by atoms with Crippen LogP contribution < -0.4 is 5.32 Å². The van der Waals surface area contributed by atoms with E-state index >= 15 is 0 Å². The zero-order chi connectivity index (χ0) is 7.70. The maximum absolute atomic E-state index is 9.93. The molecule has 1 amide bonds. The van der Waals surface area contributed by atoms with E-state index in [2.05, 4.69) is 19.2 Å². The van der Waals surface area contributed by atoms with E-state index in [9.17, 15) is 4.79 Å². The molecule has 0 aliphatic rings. The molecule has 2 nitrogen and oxygen atoms in total. The molecule has 2 heteroatoms. The molecule has 0 aliphatic heterocycles. The summed E-state index contributed by atoms with van der Waals surface area (Å²) in [6, 6.07) is 0. The Morgan fingerprint density at radius 2 is 1.60 bits per heavy atom. The molecular weight excluding hydrogens is 126 g/mol. The number of nitrogens with one attached hydrogen (secondary N) is 1. The van der Waals surface area contributed by atoms with Gasteiger partial charge in [0, 0.05) is 13.5 Å². The standard InChI is InChI=1S/C4H9NO.C3H8.CH4/c1-3-5-4(2)6;1-3-2;/h3H2,1-2H3,(H,5,6);3H2,1-2H3;1H4. The van der Waals surface area contributed by atoms with E-state index in [0.29, 0.717) is 0 Å². The van der Waals surface area contributed by atoms with Crippen molar-refractivity contribution in [1.29, 1.82) is 0 Å². The van der Waals surface area contributed by atoms with E-state index < -0.39 is 0 Å². The largest absolute Gasteiger partial charge is 0.357 e. The summed E-state index contributed by atoms with van der Waals surface area (Å²) in [4.78, 5) is 9.93.